The van der Waals surface area contributed by atoms with E-state index in [2.05, 4.69) is 0 Å². The molecule has 74 valence electrons. The van der Waals surface area contributed by atoms with Crippen LogP contribution >= 0.6 is 0 Å². The highest BCUT2D eigenvalue weighted by molar-refractivity contribution is 5.80. The largest absolute Gasteiger partial charge is 0.345 e. The number of nitrogens with zero attached hydrogens (tertiary/aromatic N) is 1. The SMILES string of the molecule is NCc1ccc2c(ccn2CCF)c1. The van der Waals surface area contributed by atoms with E-state index in [1.165, 1.54) is 0 Å². The average molecular weight is 192 g/mol. The smallest absolute Gasteiger partial charge is 0.107 e. The second-order valence-corrected chi connectivity index (χ2v) is 3.30. The van der Waals surface area contributed by atoms with Gasteiger partial charge in [0, 0.05) is 18.3 Å². The zero-order valence-corrected chi connectivity index (χ0v) is 7.91. The lowest BCUT2D eigenvalue weighted by Crippen LogP contribution is -1.98. The molecule has 1 aromatic carbocycles. The lowest BCUT2D eigenvalue weighted by Gasteiger charge is -2.02. The van der Waals surface area contributed by atoms with Crippen LogP contribution in [0.1, 0.15) is 5.56 Å². The van der Waals surface area contributed by atoms with Crippen LogP contribution in [0, 0.1) is 0 Å². The predicted molar refractivity (Wildman–Crippen MR) is 55.8 cm³/mol. The second kappa shape index (κ2) is 3.80. The summed E-state index contributed by atoms with van der Waals surface area (Å²) in [4.78, 5) is 0. The van der Waals surface area contributed by atoms with Crippen molar-refractivity contribution >= 4 is 10.9 Å². The highest BCUT2D eigenvalue weighted by Gasteiger charge is 2.00. The molecule has 14 heavy (non-hydrogen) atoms. The van der Waals surface area contributed by atoms with Crippen LogP contribution in [0.15, 0.2) is 30.5 Å². The summed E-state index contributed by atoms with van der Waals surface area (Å²) < 4.78 is 14.1. The lowest BCUT2D eigenvalue weighted by atomic mass is 10.1. The van der Waals surface area contributed by atoms with E-state index in [0.717, 1.165) is 16.5 Å². The molecule has 0 spiro atoms. The Hall–Kier alpha value is -1.35. The van der Waals surface area contributed by atoms with Crippen LogP contribution in [0.3, 0.4) is 0 Å². The molecule has 1 aromatic heterocycles. The first-order valence-corrected chi connectivity index (χ1v) is 4.69. The molecule has 2 nitrogen and oxygen atoms in total. The fraction of sp³-hybridized carbons (Fsp3) is 0.273. The van der Waals surface area contributed by atoms with Crippen LogP contribution in [0.5, 0.6) is 0 Å². The topological polar surface area (TPSA) is 30.9 Å². The van der Waals surface area contributed by atoms with Gasteiger partial charge in [0.15, 0.2) is 0 Å². The minimum Gasteiger partial charge on any atom is -0.345 e. The molecule has 0 aliphatic heterocycles. The van der Waals surface area contributed by atoms with Gasteiger partial charge in [-0.05, 0) is 29.1 Å². The quantitative estimate of drug-likeness (QED) is 0.793. The molecule has 2 aromatic rings. The molecule has 0 saturated heterocycles. The molecular formula is C11H13FN2. The molecule has 3 heteroatoms. The third-order valence-corrected chi connectivity index (χ3v) is 2.40. The Labute approximate surface area is 82.1 Å². The summed E-state index contributed by atoms with van der Waals surface area (Å²) in [6, 6.07) is 8.01. The van der Waals surface area contributed by atoms with Crippen molar-refractivity contribution in [3.63, 3.8) is 0 Å². The van der Waals surface area contributed by atoms with E-state index < -0.39 is 0 Å². The van der Waals surface area contributed by atoms with Gasteiger partial charge in [-0.1, -0.05) is 6.07 Å². The van der Waals surface area contributed by atoms with Gasteiger partial charge in [-0.3, -0.25) is 0 Å². The number of aryl methyl sites for hydroxylation is 1. The van der Waals surface area contributed by atoms with E-state index in [4.69, 9.17) is 5.73 Å². The van der Waals surface area contributed by atoms with Crippen LogP contribution in [-0.2, 0) is 13.1 Å². The summed E-state index contributed by atoms with van der Waals surface area (Å²) in [6.07, 6.45) is 1.91. The molecule has 0 fully saturated rings. The first-order chi connectivity index (χ1) is 6.85. The Morgan fingerprint density at radius 3 is 2.86 bits per heavy atom. The van der Waals surface area contributed by atoms with Crippen LogP contribution in [0.4, 0.5) is 4.39 Å². The summed E-state index contributed by atoms with van der Waals surface area (Å²) in [5.41, 5.74) is 7.72. The number of rotatable bonds is 3. The highest BCUT2D eigenvalue weighted by atomic mass is 19.1. The fourth-order valence-corrected chi connectivity index (χ4v) is 1.66. The van der Waals surface area contributed by atoms with Crippen molar-refractivity contribution in [2.24, 2.45) is 5.73 Å². The summed E-state index contributed by atoms with van der Waals surface area (Å²) in [7, 11) is 0. The Morgan fingerprint density at radius 2 is 2.14 bits per heavy atom. The number of fused-ring (bicyclic) bond motifs is 1. The minimum absolute atomic E-state index is 0.331. The number of hydrogen-bond donors (Lipinski definition) is 1. The van der Waals surface area contributed by atoms with Crippen molar-refractivity contribution in [2.45, 2.75) is 13.1 Å². The van der Waals surface area contributed by atoms with E-state index in [1.54, 1.807) is 0 Å². The Morgan fingerprint density at radius 1 is 1.29 bits per heavy atom. The molecule has 0 saturated carbocycles. The molecule has 2 rings (SSSR count). The van der Waals surface area contributed by atoms with Crippen molar-refractivity contribution in [3.05, 3.63) is 36.0 Å². The molecular weight excluding hydrogens is 179 g/mol. The van der Waals surface area contributed by atoms with Crippen LogP contribution in [0.2, 0.25) is 0 Å². The molecule has 2 N–H and O–H groups in total. The van der Waals surface area contributed by atoms with Gasteiger partial charge >= 0.3 is 0 Å². The monoisotopic (exact) mass is 192 g/mol. The summed E-state index contributed by atoms with van der Waals surface area (Å²) >= 11 is 0. The Kier molecular flexibility index (Phi) is 2.50. The van der Waals surface area contributed by atoms with Gasteiger partial charge in [-0.15, -0.1) is 0 Å². The summed E-state index contributed by atoms with van der Waals surface area (Å²) in [6.45, 7) is 0.637. The van der Waals surface area contributed by atoms with Gasteiger partial charge < -0.3 is 10.3 Å². The maximum Gasteiger partial charge on any atom is 0.107 e. The van der Waals surface area contributed by atoms with Crippen molar-refractivity contribution in [1.82, 2.24) is 4.57 Å². The first-order valence-electron chi connectivity index (χ1n) is 4.69. The molecule has 0 unspecified atom stereocenters. The first kappa shape index (κ1) is 9.21. The lowest BCUT2D eigenvalue weighted by molar-refractivity contribution is 0.451. The summed E-state index contributed by atoms with van der Waals surface area (Å²) in [5.74, 6) is 0. The zero-order valence-electron chi connectivity index (χ0n) is 7.91. The third-order valence-electron chi connectivity index (χ3n) is 2.40. The molecule has 1 heterocycles. The van der Waals surface area contributed by atoms with E-state index in [1.807, 2.05) is 35.0 Å². The maximum absolute atomic E-state index is 12.2. The van der Waals surface area contributed by atoms with Crippen molar-refractivity contribution < 1.29 is 4.39 Å². The van der Waals surface area contributed by atoms with E-state index in [9.17, 15) is 4.39 Å². The summed E-state index contributed by atoms with van der Waals surface area (Å²) in [5, 5.41) is 1.13. The standard InChI is InChI=1S/C11H13FN2/c12-4-6-14-5-3-10-7-9(8-13)1-2-11(10)14/h1-3,5,7H,4,6,8,13H2. The van der Waals surface area contributed by atoms with Crippen molar-refractivity contribution in [3.8, 4) is 0 Å². The zero-order chi connectivity index (χ0) is 9.97. The number of benzene rings is 1. The Bertz CT molecular complexity index is 434. The van der Waals surface area contributed by atoms with Crippen LogP contribution in [0.25, 0.3) is 10.9 Å². The van der Waals surface area contributed by atoms with Gasteiger partial charge in [0.25, 0.3) is 0 Å². The predicted octanol–water partition coefficient (Wildman–Crippen LogP) is 2.07. The number of halogens is 1. The average Bonchev–Trinajstić information content (AvgIpc) is 2.61. The maximum atomic E-state index is 12.2. The molecule has 0 amide bonds. The third kappa shape index (κ3) is 1.51. The molecule has 0 aliphatic carbocycles. The number of aromatic nitrogens is 1. The second-order valence-electron chi connectivity index (χ2n) is 3.30. The van der Waals surface area contributed by atoms with Gasteiger partial charge in [0.1, 0.15) is 6.67 Å². The fourth-order valence-electron chi connectivity index (χ4n) is 1.66. The number of hydrogen-bond acceptors (Lipinski definition) is 1. The van der Waals surface area contributed by atoms with E-state index in [-0.39, 0.29) is 6.67 Å². The normalized spacial score (nSPS) is 11.0. The van der Waals surface area contributed by atoms with Gasteiger partial charge in [0.2, 0.25) is 0 Å². The molecule has 0 radical (unpaired) electrons. The van der Waals surface area contributed by atoms with Gasteiger partial charge in [0.05, 0.1) is 6.54 Å². The van der Waals surface area contributed by atoms with Crippen molar-refractivity contribution in [1.29, 1.82) is 0 Å². The van der Waals surface area contributed by atoms with Gasteiger partial charge in [-0.2, -0.15) is 0 Å². The number of nitrogens with two attached hydrogens (primary N) is 1. The van der Waals surface area contributed by atoms with Crippen molar-refractivity contribution in [2.75, 3.05) is 6.67 Å². The highest BCUT2D eigenvalue weighted by Crippen LogP contribution is 2.17. The van der Waals surface area contributed by atoms with E-state index in [0.29, 0.717) is 13.1 Å². The Balaban J connectivity index is 2.48. The minimum atomic E-state index is -0.331. The number of alkyl halides is 1. The van der Waals surface area contributed by atoms with Gasteiger partial charge in [-0.25, -0.2) is 4.39 Å². The van der Waals surface area contributed by atoms with Crippen LogP contribution in [-0.4, -0.2) is 11.2 Å². The van der Waals surface area contributed by atoms with Crippen LogP contribution < -0.4 is 5.73 Å². The molecule has 0 atom stereocenters. The molecule has 0 aliphatic rings. The molecule has 0 bridgehead atoms. The van der Waals surface area contributed by atoms with E-state index >= 15 is 0 Å².